The summed E-state index contributed by atoms with van der Waals surface area (Å²) in [4.78, 5) is 0. The van der Waals surface area contributed by atoms with Crippen molar-refractivity contribution >= 4 is 43.5 Å². The summed E-state index contributed by atoms with van der Waals surface area (Å²) < 4.78 is 124. The first kappa shape index (κ1) is 18.9. The third kappa shape index (κ3) is 4.86. The van der Waals surface area contributed by atoms with Crippen LogP contribution in [0.2, 0.25) is 0 Å². The Balaban J connectivity index is 1.45. The van der Waals surface area contributed by atoms with Gasteiger partial charge in [-0.05, 0) is 108 Å². The summed E-state index contributed by atoms with van der Waals surface area (Å²) in [6.07, 6.45) is 0. The summed E-state index contributed by atoms with van der Waals surface area (Å²) in [6.45, 7) is 0. The van der Waals surface area contributed by atoms with E-state index in [9.17, 15) is 5.48 Å². The third-order valence-corrected chi connectivity index (χ3v) is 9.39. The quantitative estimate of drug-likeness (QED) is 0.167. The van der Waals surface area contributed by atoms with Gasteiger partial charge in [0.2, 0.25) is 0 Å². The van der Waals surface area contributed by atoms with Gasteiger partial charge in [-0.15, -0.1) is 0 Å². The minimum absolute atomic E-state index is 0.0498. The first-order chi connectivity index (χ1) is 30.7. The lowest BCUT2D eigenvalue weighted by Gasteiger charge is -2.22. The van der Waals surface area contributed by atoms with E-state index in [0.717, 1.165) is 38.6 Å². The highest BCUT2D eigenvalue weighted by Gasteiger charge is 2.22. The lowest BCUT2D eigenvalue weighted by Crippen LogP contribution is -1.95. The van der Waals surface area contributed by atoms with Gasteiger partial charge in [0.15, 0.2) is 0 Å². The van der Waals surface area contributed by atoms with Crippen molar-refractivity contribution in [2.45, 2.75) is 0 Å². The van der Waals surface area contributed by atoms with Crippen LogP contribution < -0.4 is 0 Å². The summed E-state index contributed by atoms with van der Waals surface area (Å²) in [5, 5.41) is 1.06. The van der Waals surface area contributed by atoms with E-state index < -0.39 is 84.1 Å². The van der Waals surface area contributed by atoms with Crippen LogP contribution in [0.15, 0.2) is 198 Å². The molecule has 0 unspecified atom stereocenters. The maximum absolute atomic E-state index is 9.54. The van der Waals surface area contributed by atoms with Crippen LogP contribution in [0.5, 0.6) is 0 Å². The molecule has 1 aromatic heterocycles. The van der Waals surface area contributed by atoms with E-state index in [1.165, 1.54) is 0 Å². The molecule has 1 heterocycles. The molecule has 0 saturated carbocycles. The zero-order valence-electron chi connectivity index (χ0n) is 39.9. The Bertz CT molecular complexity index is 3470. The molecular weight excluding hydrogens is 617 g/mol. The first-order valence-electron chi connectivity index (χ1n) is 22.9. The summed E-state index contributed by atoms with van der Waals surface area (Å²) in [5.41, 5.74) is 5.49. The van der Waals surface area contributed by atoms with Gasteiger partial charge >= 0.3 is 0 Å². The van der Waals surface area contributed by atoms with Crippen LogP contribution >= 0.6 is 0 Å². The highest BCUT2D eigenvalue weighted by molar-refractivity contribution is 6.22. The third-order valence-electron chi connectivity index (χ3n) is 9.39. The summed E-state index contributed by atoms with van der Waals surface area (Å²) >= 11 is 0. The largest absolute Gasteiger partial charge is 0.456 e. The number of benzene rings is 9. The predicted molar refractivity (Wildman–Crippen MR) is 216 cm³/mol. The topological polar surface area (TPSA) is 13.1 Å². The number of rotatable bonds is 5. The second-order valence-electron chi connectivity index (χ2n) is 12.2. The van der Waals surface area contributed by atoms with Gasteiger partial charge in [-0.3, -0.25) is 0 Å². The molecule has 9 aromatic carbocycles. The Kier molecular flexibility index (Phi) is 4.45. The van der Waals surface area contributed by atoms with Gasteiger partial charge in [0.1, 0.15) is 11.2 Å². The van der Waals surface area contributed by atoms with E-state index >= 15 is 0 Å². The number of para-hydroxylation sites is 1. The first-order valence-corrected chi connectivity index (χ1v) is 16.4. The second-order valence-corrected chi connectivity index (χ2v) is 12.2. The van der Waals surface area contributed by atoms with Crippen LogP contribution in [-0.2, 0) is 0 Å². The summed E-state index contributed by atoms with van der Waals surface area (Å²) in [6, 6.07) is 28.1. The molecule has 0 N–H and O–H groups in total. The zero-order valence-corrected chi connectivity index (χ0v) is 26.9. The molecule has 0 aliphatic carbocycles. The minimum atomic E-state index is -0.723. The molecule has 0 radical (unpaired) electrons. The van der Waals surface area contributed by atoms with Crippen molar-refractivity contribution in [3.05, 3.63) is 194 Å². The Morgan fingerprint density at radius 3 is 1.39 bits per heavy atom. The predicted octanol–water partition coefficient (Wildman–Crippen LogP) is 14.2. The van der Waals surface area contributed by atoms with Gasteiger partial charge in [-0.1, -0.05) is 163 Å². The SMILES string of the molecule is [2H]c1c([2H])c([2H])c(-c2c3c([2H])c([2H])c([2H])c([2H])c3c(-c3cc(-c4ccccc4)c(-c4ccc5c(c4)oc4ccccc45)c(-c4ccccc4)c3)c3c([2H])c([2H])c([2H])c([2H])c23)c([2H])c1[2H]. The molecule has 51 heavy (non-hydrogen) atoms. The molecule has 0 aliphatic rings. The fourth-order valence-corrected chi connectivity index (χ4v) is 7.21. The van der Waals surface area contributed by atoms with E-state index in [1.54, 1.807) is 0 Å². The lowest BCUT2D eigenvalue weighted by molar-refractivity contribution is 0.669. The van der Waals surface area contributed by atoms with Crippen LogP contribution in [0.25, 0.3) is 99.1 Å². The molecule has 0 bridgehead atoms. The van der Waals surface area contributed by atoms with E-state index in [0.29, 0.717) is 22.3 Å². The molecule has 0 aliphatic heterocycles. The van der Waals surface area contributed by atoms with Crippen molar-refractivity contribution in [1.82, 2.24) is 0 Å². The van der Waals surface area contributed by atoms with Crippen molar-refractivity contribution in [2.24, 2.45) is 0 Å². The zero-order chi connectivity index (χ0) is 45.0. The van der Waals surface area contributed by atoms with Crippen molar-refractivity contribution in [2.75, 3.05) is 0 Å². The molecule has 0 fully saturated rings. The molecule has 10 rings (SSSR count). The molecule has 0 amide bonds. The number of hydrogen-bond donors (Lipinski definition) is 0. The molecule has 0 saturated heterocycles. The maximum atomic E-state index is 9.54. The van der Waals surface area contributed by atoms with Crippen molar-refractivity contribution in [3.8, 4) is 55.6 Å². The molecule has 238 valence electrons. The van der Waals surface area contributed by atoms with Crippen LogP contribution in [0.1, 0.15) is 17.8 Å². The standard InChI is InChI=1S/C50H32O/c1-4-16-33(17-5-1)44-30-37(50-42-25-12-10-23-40(42)48(35-20-8-3-9-21-35)41-24-11-13-26-43(41)50)31-45(34-18-6-2-7-19-34)49(44)36-28-29-39-38-22-14-15-27-46(38)51-47(39)32-36/h1-32H/i3D,8D,9D,10D,11D,12D,13D,20D,21D,23D,24D,25D,26D. The van der Waals surface area contributed by atoms with Gasteiger partial charge in [0.05, 0.1) is 17.8 Å². The molecule has 10 aromatic rings. The Labute approximate surface area is 315 Å². The Morgan fingerprint density at radius 1 is 0.314 bits per heavy atom. The smallest absolute Gasteiger partial charge is 0.136 e. The number of furan rings is 1. The second kappa shape index (κ2) is 12.0. The van der Waals surface area contributed by atoms with Crippen LogP contribution in [-0.4, -0.2) is 0 Å². The van der Waals surface area contributed by atoms with E-state index in [1.807, 2.05) is 115 Å². The van der Waals surface area contributed by atoms with Gasteiger partial charge < -0.3 is 4.42 Å². The average Bonchev–Trinajstić information content (AvgIpc) is 3.70. The van der Waals surface area contributed by atoms with E-state index in [-0.39, 0.29) is 32.7 Å². The normalized spacial score (nSPS) is 15.1. The summed E-state index contributed by atoms with van der Waals surface area (Å²) in [7, 11) is 0. The molecule has 1 heteroatoms. The maximum Gasteiger partial charge on any atom is 0.136 e. The number of hydrogen-bond acceptors (Lipinski definition) is 1. The fraction of sp³-hybridized carbons (Fsp3) is 0. The van der Waals surface area contributed by atoms with E-state index in [2.05, 4.69) is 0 Å². The highest BCUT2D eigenvalue weighted by atomic mass is 16.3. The average molecular weight is 662 g/mol. The van der Waals surface area contributed by atoms with Crippen LogP contribution in [0, 0.1) is 0 Å². The van der Waals surface area contributed by atoms with Crippen LogP contribution in [0.4, 0.5) is 0 Å². The molecule has 0 spiro atoms. The number of fused-ring (bicyclic) bond motifs is 5. The van der Waals surface area contributed by atoms with Crippen molar-refractivity contribution in [1.29, 1.82) is 0 Å². The van der Waals surface area contributed by atoms with Gasteiger partial charge in [0.25, 0.3) is 0 Å². The van der Waals surface area contributed by atoms with Gasteiger partial charge in [-0.2, -0.15) is 0 Å². The van der Waals surface area contributed by atoms with Gasteiger partial charge in [-0.25, -0.2) is 0 Å². The molecule has 0 atom stereocenters. The van der Waals surface area contributed by atoms with Crippen molar-refractivity contribution < 1.29 is 22.2 Å². The monoisotopic (exact) mass is 661 g/mol. The molecule has 1 nitrogen and oxygen atoms in total. The van der Waals surface area contributed by atoms with E-state index in [4.69, 9.17) is 16.8 Å². The van der Waals surface area contributed by atoms with Crippen LogP contribution in [0.3, 0.4) is 0 Å². The summed E-state index contributed by atoms with van der Waals surface area (Å²) in [5.74, 6) is 0. The highest BCUT2D eigenvalue weighted by Crippen LogP contribution is 2.48. The lowest BCUT2D eigenvalue weighted by atomic mass is 9.81. The Morgan fingerprint density at radius 2 is 0.804 bits per heavy atom. The molecular formula is C50H32O. The van der Waals surface area contributed by atoms with Gasteiger partial charge in [0, 0.05) is 10.8 Å². The Hall–Kier alpha value is -6.70. The minimum Gasteiger partial charge on any atom is -0.456 e. The van der Waals surface area contributed by atoms with Crippen molar-refractivity contribution in [3.63, 3.8) is 0 Å². The fourth-order valence-electron chi connectivity index (χ4n) is 7.21.